The average Bonchev–Trinajstić information content (AvgIpc) is 3.57. The lowest BCUT2D eigenvalue weighted by Gasteiger charge is -2.13. The van der Waals surface area contributed by atoms with Gasteiger partial charge < -0.3 is 14.6 Å². The van der Waals surface area contributed by atoms with Crippen LogP contribution in [0.1, 0.15) is 26.4 Å². The summed E-state index contributed by atoms with van der Waals surface area (Å²) in [6.07, 6.45) is 0.881. The van der Waals surface area contributed by atoms with Gasteiger partial charge in [0, 0.05) is 28.9 Å². The Morgan fingerprint density at radius 1 is 1.06 bits per heavy atom. The van der Waals surface area contributed by atoms with E-state index in [-0.39, 0.29) is 23.4 Å². The molecule has 0 aliphatic carbocycles. The van der Waals surface area contributed by atoms with E-state index in [0.717, 1.165) is 34.3 Å². The molecule has 3 heterocycles. The summed E-state index contributed by atoms with van der Waals surface area (Å²) in [6.45, 7) is 0.576. The molecule has 2 aromatic heterocycles. The number of ketones is 1. The summed E-state index contributed by atoms with van der Waals surface area (Å²) in [6, 6.07) is 14.0. The van der Waals surface area contributed by atoms with Gasteiger partial charge in [-0.05, 0) is 53.6 Å². The monoisotopic (exact) mass is 478 g/mol. The number of fused-ring (bicyclic) bond motifs is 2. The molecule has 2 aromatic carbocycles. The fraction of sp³-hybridized carbons (Fsp3) is 0.167. The van der Waals surface area contributed by atoms with Crippen LogP contribution in [-0.4, -0.2) is 39.3 Å². The van der Waals surface area contributed by atoms with Crippen LogP contribution in [0.25, 0.3) is 16.6 Å². The molecule has 1 aliphatic rings. The van der Waals surface area contributed by atoms with Crippen LogP contribution < -0.4 is 9.47 Å². The smallest absolute Gasteiger partial charge is 0.336 e. The van der Waals surface area contributed by atoms with Crippen LogP contribution in [0.5, 0.6) is 10.8 Å². The standard InChI is InChI=1S/C24H18N2O5S2/c1-30-21-7-4-16(32-21)12-17(23(27)15-3-6-20-13(10-15)8-9-31-20)22(24(28)29)14-2-5-18-19(11-14)26-33-25-18/h2-7,10-11H,8-9,12H2,1H3,(H,28,29). The van der Waals surface area contributed by atoms with E-state index < -0.39 is 5.97 Å². The fourth-order valence-corrected chi connectivity index (χ4v) is 5.23. The van der Waals surface area contributed by atoms with E-state index in [2.05, 4.69) is 8.75 Å². The number of rotatable bonds is 7. The predicted octanol–water partition coefficient (Wildman–Crippen LogP) is 4.66. The SMILES string of the molecule is COc1ccc(CC(C(=O)c2ccc3c(c2)CCO3)=C(C(=O)O)c2ccc3nsnc3c2)s1. The first-order valence-corrected chi connectivity index (χ1v) is 11.7. The topological polar surface area (TPSA) is 98.6 Å². The fourth-order valence-electron chi connectivity index (χ4n) is 3.89. The van der Waals surface area contributed by atoms with Gasteiger partial charge >= 0.3 is 5.97 Å². The molecule has 33 heavy (non-hydrogen) atoms. The largest absolute Gasteiger partial charge is 0.493 e. The van der Waals surface area contributed by atoms with Crippen molar-refractivity contribution in [1.82, 2.24) is 8.75 Å². The second-order valence-corrected chi connectivity index (χ2v) is 9.14. The molecule has 0 fully saturated rings. The van der Waals surface area contributed by atoms with E-state index in [4.69, 9.17) is 9.47 Å². The molecule has 9 heteroatoms. The highest BCUT2D eigenvalue weighted by atomic mass is 32.1. The number of carboxylic acid groups (broad SMARTS) is 1. The highest BCUT2D eigenvalue weighted by Crippen LogP contribution is 2.33. The van der Waals surface area contributed by atoms with E-state index in [0.29, 0.717) is 33.8 Å². The molecule has 4 aromatic rings. The number of hydrogen-bond acceptors (Lipinski definition) is 8. The summed E-state index contributed by atoms with van der Waals surface area (Å²) < 4.78 is 19.2. The second kappa shape index (κ2) is 8.76. The van der Waals surface area contributed by atoms with Crippen LogP contribution in [0.4, 0.5) is 0 Å². The maximum Gasteiger partial charge on any atom is 0.336 e. The van der Waals surface area contributed by atoms with Gasteiger partial charge in [-0.3, -0.25) is 4.79 Å². The minimum Gasteiger partial charge on any atom is -0.493 e. The van der Waals surface area contributed by atoms with Gasteiger partial charge in [-0.15, -0.1) is 11.3 Å². The number of carbonyl (C=O) groups excluding carboxylic acids is 1. The molecular weight excluding hydrogens is 460 g/mol. The highest BCUT2D eigenvalue weighted by Gasteiger charge is 2.26. The van der Waals surface area contributed by atoms with Crippen LogP contribution in [-0.2, 0) is 17.6 Å². The Bertz CT molecular complexity index is 1420. The van der Waals surface area contributed by atoms with Gasteiger partial charge in [0.1, 0.15) is 16.8 Å². The molecule has 0 saturated carbocycles. The number of methoxy groups -OCH3 is 1. The number of aromatic nitrogens is 2. The van der Waals surface area contributed by atoms with Crippen molar-refractivity contribution in [3.8, 4) is 10.8 Å². The maximum atomic E-state index is 13.7. The number of allylic oxidation sites excluding steroid dienone is 1. The first-order chi connectivity index (χ1) is 16.0. The molecule has 1 aliphatic heterocycles. The molecule has 166 valence electrons. The zero-order chi connectivity index (χ0) is 22.9. The van der Waals surface area contributed by atoms with Gasteiger partial charge in [-0.2, -0.15) is 8.75 Å². The summed E-state index contributed by atoms with van der Waals surface area (Å²) in [5, 5.41) is 10.9. The number of hydrogen-bond donors (Lipinski definition) is 1. The van der Waals surface area contributed by atoms with E-state index >= 15 is 0 Å². The van der Waals surface area contributed by atoms with Crippen molar-refractivity contribution in [3.05, 3.63) is 75.7 Å². The van der Waals surface area contributed by atoms with Gasteiger partial charge in [0.25, 0.3) is 0 Å². The molecule has 5 rings (SSSR count). The Kier molecular flexibility index (Phi) is 5.65. The van der Waals surface area contributed by atoms with E-state index in [1.54, 1.807) is 43.5 Å². The number of carboxylic acids is 1. The summed E-state index contributed by atoms with van der Waals surface area (Å²) in [7, 11) is 1.57. The van der Waals surface area contributed by atoms with Gasteiger partial charge in [0.05, 0.1) is 31.0 Å². The van der Waals surface area contributed by atoms with Gasteiger partial charge in [-0.1, -0.05) is 6.07 Å². The van der Waals surface area contributed by atoms with Gasteiger partial charge in [-0.25, -0.2) is 4.79 Å². The van der Waals surface area contributed by atoms with Crippen molar-refractivity contribution in [2.24, 2.45) is 0 Å². The Balaban J connectivity index is 1.66. The van der Waals surface area contributed by atoms with Crippen LogP contribution in [0.3, 0.4) is 0 Å². The third kappa shape index (κ3) is 4.12. The van der Waals surface area contributed by atoms with E-state index in [9.17, 15) is 14.7 Å². The normalized spacial score (nSPS) is 13.4. The molecule has 0 bridgehead atoms. The Labute approximate surface area is 197 Å². The zero-order valence-corrected chi connectivity index (χ0v) is 19.2. The predicted molar refractivity (Wildman–Crippen MR) is 127 cm³/mol. The summed E-state index contributed by atoms with van der Waals surface area (Å²) in [5.41, 5.74) is 3.24. The molecule has 0 amide bonds. The molecule has 1 N–H and O–H groups in total. The third-order valence-corrected chi connectivity index (χ3v) is 7.08. The molecule has 0 atom stereocenters. The molecule has 0 unspecified atom stereocenters. The highest BCUT2D eigenvalue weighted by molar-refractivity contribution is 7.13. The number of thiophene rings is 1. The maximum absolute atomic E-state index is 13.7. The summed E-state index contributed by atoms with van der Waals surface area (Å²) in [5.74, 6) is -0.736. The van der Waals surface area contributed by atoms with Crippen LogP contribution >= 0.6 is 23.1 Å². The number of aliphatic carboxylic acids is 1. The second-order valence-electron chi connectivity index (χ2n) is 7.48. The zero-order valence-electron chi connectivity index (χ0n) is 17.5. The van der Waals surface area contributed by atoms with Gasteiger partial charge in [0.2, 0.25) is 0 Å². The molecule has 0 spiro atoms. The lowest BCUT2D eigenvalue weighted by atomic mass is 9.90. The first-order valence-electron chi connectivity index (χ1n) is 10.2. The van der Waals surface area contributed by atoms with E-state index in [1.807, 2.05) is 12.1 Å². The lowest BCUT2D eigenvalue weighted by molar-refractivity contribution is -0.130. The molecule has 0 saturated heterocycles. The molecule has 7 nitrogen and oxygen atoms in total. The van der Waals surface area contributed by atoms with Crippen LogP contribution in [0, 0.1) is 0 Å². The van der Waals surface area contributed by atoms with Crippen molar-refractivity contribution in [3.63, 3.8) is 0 Å². The average molecular weight is 479 g/mol. The summed E-state index contributed by atoms with van der Waals surface area (Å²) >= 11 is 2.44. The van der Waals surface area contributed by atoms with Crippen molar-refractivity contribution >= 4 is 51.4 Å². The lowest BCUT2D eigenvalue weighted by Crippen LogP contribution is -2.14. The number of carbonyl (C=O) groups is 2. The van der Waals surface area contributed by atoms with Crippen molar-refractivity contribution < 1.29 is 24.2 Å². The quantitative estimate of drug-likeness (QED) is 0.305. The number of Topliss-reactive ketones (excluding diaryl/α,β-unsaturated/α-hetero) is 1. The minimum atomic E-state index is -1.17. The van der Waals surface area contributed by atoms with E-state index in [1.165, 1.54) is 11.3 Å². The van der Waals surface area contributed by atoms with Crippen LogP contribution in [0.15, 0.2) is 54.1 Å². The van der Waals surface area contributed by atoms with Crippen molar-refractivity contribution in [1.29, 1.82) is 0 Å². The molecular formula is C24H18N2O5S2. The molecule has 0 radical (unpaired) electrons. The number of ether oxygens (including phenoxy) is 2. The third-order valence-electron chi connectivity index (χ3n) is 5.47. The first kappa shape index (κ1) is 21.3. The number of benzene rings is 2. The van der Waals surface area contributed by atoms with Crippen molar-refractivity contribution in [2.75, 3.05) is 13.7 Å². The Morgan fingerprint density at radius 2 is 1.88 bits per heavy atom. The van der Waals surface area contributed by atoms with Crippen molar-refractivity contribution in [2.45, 2.75) is 12.8 Å². The van der Waals surface area contributed by atoms with Gasteiger partial charge in [0.15, 0.2) is 10.8 Å². The van der Waals surface area contributed by atoms with Crippen LogP contribution in [0.2, 0.25) is 0 Å². The number of nitrogens with zero attached hydrogens (tertiary/aromatic N) is 2. The minimum absolute atomic E-state index is 0.0426. The summed E-state index contributed by atoms with van der Waals surface area (Å²) in [4.78, 5) is 27.1. The Morgan fingerprint density at radius 3 is 2.67 bits per heavy atom. The Hall–Kier alpha value is -3.56.